The highest BCUT2D eigenvalue weighted by atomic mass is 16.1. The molecule has 0 atom stereocenters. The molecule has 0 amide bonds. The SMILES string of the molecule is CCC1=C(C)C(=O)CC(C)(C)C1(CC)CC. The zero-order valence-corrected chi connectivity index (χ0v) is 11.7. The molecule has 0 aromatic carbocycles. The Morgan fingerprint density at radius 1 is 1.12 bits per heavy atom. The van der Waals surface area contributed by atoms with Gasteiger partial charge in [0.2, 0.25) is 0 Å². The lowest BCUT2D eigenvalue weighted by Gasteiger charge is -2.51. The second-order valence-corrected chi connectivity index (χ2v) is 5.73. The van der Waals surface area contributed by atoms with Gasteiger partial charge in [0.15, 0.2) is 5.78 Å². The van der Waals surface area contributed by atoms with Crippen LogP contribution in [0.4, 0.5) is 0 Å². The van der Waals surface area contributed by atoms with Gasteiger partial charge >= 0.3 is 0 Å². The van der Waals surface area contributed by atoms with Crippen molar-refractivity contribution in [3.8, 4) is 0 Å². The quantitative estimate of drug-likeness (QED) is 0.686. The highest BCUT2D eigenvalue weighted by Crippen LogP contribution is 2.56. The first-order valence-corrected chi connectivity index (χ1v) is 6.59. The molecule has 0 spiro atoms. The molecular weight excluding hydrogens is 196 g/mol. The molecule has 0 heterocycles. The van der Waals surface area contributed by atoms with Crippen LogP contribution in [0.25, 0.3) is 0 Å². The Morgan fingerprint density at radius 2 is 1.62 bits per heavy atom. The molecule has 1 rings (SSSR count). The summed E-state index contributed by atoms with van der Waals surface area (Å²) >= 11 is 0. The van der Waals surface area contributed by atoms with Crippen molar-refractivity contribution in [2.75, 3.05) is 0 Å². The van der Waals surface area contributed by atoms with E-state index in [0.29, 0.717) is 12.2 Å². The Labute approximate surface area is 100 Å². The number of ketones is 1. The van der Waals surface area contributed by atoms with Gasteiger partial charge in [-0.15, -0.1) is 0 Å². The molecule has 0 aliphatic heterocycles. The minimum Gasteiger partial charge on any atom is -0.295 e. The van der Waals surface area contributed by atoms with Crippen molar-refractivity contribution in [3.63, 3.8) is 0 Å². The third kappa shape index (κ3) is 1.65. The number of rotatable bonds is 3. The van der Waals surface area contributed by atoms with E-state index in [9.17, 15) is 4.79 Å². The van der Waals surface area contributed by atoms with Gasteiger partial charge in [0.1, 0.15) is 0 Å². The Balaban J connectivity index is 3.44. The Morgan fingerprint density at radius 3 is 2.00 bits per heavy atom. The van der Waals surface area contributed by atoms with Gasteiger partial charge in [-0.05, 0) is 42.6 Å². The monoisotopic (exact) mass is 222 g/mol. The Kier molecular flexibility index (Phi) is 3.66. The van der Waals surface area contributed by atoms with Gasteiger partial charge < -0.3 is 0 Å². The maximum absolute atomic E-state index is 12.0. The second kappa shape index (κ2) is 4.35. The molecule has 0 saturated heterocycles. The summed E-state index contributed by atoms with van der Waals surface area (Å²) in [5.41, 5.74) is 2.81. The molecule has 1 aliphatic rings. The van der Waals surface area contributed by atoms with Crippen LogP contribution in [0.3, 0.4) is 0 Å². The lowest BCUT2D eigenvalue weighted by molar-refractivity contribution is -0.121. The normalized spacial score (nSPS) is 23.8. The van der Waals surface area contributed by atoms with Crippen molar-refractivity contribution in [1.29, 1.82) is 0 Å². The van der Waals surface area contributed by atoms with Crippen molar-refractivity contribution < 1.29 is 4.79 Å². The summed E-state index contributed by atoms with van der Waals surface area (Å²) in [5, 5.41) is 0. The maximum atomic E-state index is 12.0. The minimum atomic E-state index is 0.110. The number of carbonyl (C=O) groups is 1. The van der Waals surface area contributed by atoms with Gasteiger partial charge in [-0.3, -0.25) is 4.79 Å². The van der Waals surface area contributed by atoms with E-state index < -0.39 is 0 Å². The van der Waals surface area contributed by atoms with Gasteiger partial charge in [-0.25, -0.2) is 0 Å². The van der Waals surface area contributed by atoms with Gasteiger partial charge in [0.25, 0.3) is 0 Å². The molecule has 1 heteroatoms. The predicted molar refractivity (Wildman–Crippen MR) is 69.4 cm³/mol. The number of Topliss-reactive ketones (excluding diaryl/α,β-unsaturated/α-hetero) is 1. The lowest BCUT2D eigenvalue weighted by atomic mass is 9.52. The first-order chi connectivity index (χ1) is 7.36. The number of hydrogen-bond acceptors (Lipinski definition) is 1. The molecule has 0 fully saturated rings. The number of carbonyl (C=O) groups excluding carboxylic acids is 1. The zero-order valence-electron chi connectivity index (χ0n) is 11.7. The van der Waals surface area contributed by atoms with Crippen LogP contribution in [0.1, 0.15) is 67.2 Å². The average Bonchev–Trinajstić information content (AvgIpc) is 2.22. The molecule has 0 N–H and O–H groups in total. The molecule has 0 unspecified atom stereocenters. The largest absolute Gasteiger partial charge is 0.295 e. The Hall–Kier alpha value is -0.590. The van der Waals surface area contributed by atoms with Crippen LogP contribution in [0.15, 0.2) is 11.1 Å². The summed E-state index contributed by atoms with van der Waals surface area (Å²) in [6, 6.07) is 0. The standard InChI is InChI=1S/C15H26O/c1-7-12-11(4)13(16)10-14(5,6)15(12,8-2)9-3/h7-10H2,1-6H3. The van der Waals surface area contributed by atoms with Gasteiger partial charge in [-0.2, -0.15) is 0 Å². The summed E-state index contributed by atoms with van der Waals surface area (Å²) in [6.07, 6.45) is 4.02. The maximum Gasteiger partial charge on any atom is 0.159 e. The van der Waals surface area contributed by atoms with Gasteiger partial charge in [-0.1, -0.05) is 40.2 Å². The van der Waals surface area contributed by atoms with Crippen LogP contribution in [0.5, 0.6) is 0 Å². The molecule has 1 nitrogen and oxygen atoms in total. The molecule has 16 heavy (non-hydrogen) atoms. The summed E-state index contributed by atoms with van der Waals surface area (Å²) in [5.74, 6) is 0.361. The van der Waals surface area contributed by atoms with Crippen molar-refractivity contribution in [1.82, 2.24) is 0 Å². The first-order valence-electron chi connectivity index (χ1n) is 6.59. The van der Waals surface area contributed by atoms with Crippen LogP contribution < -0.4 is 0 Å². The molecule has 1 aliphatic carbocycles. The van der Waals surface area contributed by atoms with E-state index in [-0.39, 0.29) is 10.8 Å². The van der Waals surface area contributed by atoms with Crippen LogP contribution in [-0.2, 0) is 4.79 Å². The van der Waals surface area contributed by atoms with E-state index in [2.05, 4.69) is 34.6 Å². The predicted octanol–water partition coefficient (Wildman–Crippen LogP) is 4.52. The zero-order chi connectivity index (χ0) is 12.6. The fourth-order valence-corrected chi connectivity index (χ4v) is 3.88. The fourth-order valence-electron chi connectivity index (χ4n) is 3.88. The minimum absolute atomic E-state index is 0.110. The van der Waals surface area contributed by atoms with Crippen molar-refractivity contribution >= 4 is 5.78 Å². The van der Waals surface area contributed by atoms with E-state index in [1.807, 2.05) is 6.92 Å². The van der Waals surface area contributed by atoms with Crippen LogP contribution in [0.2, 0.25) is 0 Å². The molecule has 0 aromatic heterocycles. The van der Waals surface area contributed by atoms with Gasteiger partial charge in [0.05, 0.1) is 0 Å². The second-order valence-electron chi connectivity index (χ2n) is 5.73. The summed E-state index contributed by atoms with van der Waals surface area (Å²) in [7, 11) is 0. The third-order valence-corrected chi connectivity index (χ3v) is 4.91. The first kappa shape index (κ1) is 13.5. The molecule has 0 saturated carbocycles. The molecule has 0 bridgehead atoms. The fraction of sp³-hybridized carbons (Fsp3) is 0.800. The van der Waals surface area contributed by atoms with Crippen molar-refractivity contribution in [3.05, 3.63) is 11.1 Å². The molecule has 92 valence electrons. The van der Waals surface area contributed by atoms with E-state index >= 15 is 0 Å². The average molecular weight is 222 g/mol. The van der Waals surface area contributed by atoms with Crippen molar-refractivity contribution in [2.24, 2.45) is 10.8 Å². The lowest BCUT2D eigenvalue weighted by Crippen LogP contribution is -2.44. The number of allylic oxidation sites excluding steroid dienone is 2. The van der Waals surface area contributed by atoms with Crippen LogP contribution in [-0.4, -0.2) is 5.78 Å². The highest BCUT2D eigenvalue weighted by molar-refractivity contribution is 5.97. The molecular formula is C15H26O. The van der Waals surface area contributed by atoms with E-state index in [4.69, 9.17) is 0 Å². The smallest absolute Gasteiger partial charge is 0.159 e. The van der Waals surface area contributed by atoms with Crippen molar-refractivity contribution in [2.45, 2.75) is 67.2 Å². The topological polar surface area (TPSA) is 17.1 Å². The highest BCUT2D eigenvalue weighted by Gasteiger charge is 2.49. The Bertz CT molecular complexity index is 316. The summed E-state index contributed by atoms with van der Waals surface area (Å²) in [6.45, 7) is 13.3. The number of hydrogen-bond donors (Lipinski definition) is 0. The third-order valence-electron chi connectivity index (χ3n) is 4.91. The van der Waals surface area contributed by atoms with Crippen LogP contribution in [0, 0.1) is 10.8 Å². The summed E-state index contributed by atoms with van der Waals surface area (Å²) in [4.78, 5) is 12.0. The molecule has 0 aromatic rings. The van der Waals surface area contributed by atoms with E-state index in [1.165, 1.54) is 5.57 Å². The van der Waals surface area contributed by atoms with E-state index in [0.717, 1.165) is 24.8 Å². The van der Waals surface area contributed by atoms with Gasteiger partial charge in [0, 0.05) is 6.42 Å². The summed E-state index contributed by atoms with van der Waals surface area (Å²) < 4.78 is 0. The van der Waals surface area contributed by atoms with E-state index in [1.54, 1.807) is 0 Å². The van der Waals surface area contributed by atoms with Crippen LogP contribution >= 0.6 is 0 Å². The molecule has 0 radical (unpaired) electrons.